The highest BCUT2D eigenvalue weighted by Gasteiger charge is 2.30. The van der Waals surface area contributed by atoms with E-state index in [4.69, 9.17) is 23.2 Å². The van der Waals surface area contributed by atoms with Crippen molar-refractivity contribution in [2.45, 2.75) is 18.7 Å². The second-order valence-corrected chi connectivity index (χ2v) is 6.20. The lowest BCUT2D eigenvalue weighted by Crippen LogP contribution is -2.29. The molecule has 1 unspecified atom stereocenters. The van der Waals surface area contributed by atoms with Crippen LogP contribution in [0.1, 0.15) is 22.8 Å². The molecule has 2 aromatic carbocycles. The fraction of sp³-hybridized carbons (Fsp3) is 0.235. The van der Waals surface area contributed by atoms with Gasteiger partial charge in [0.25, 0.3) is 0 Å². The Balaban J connectivity index is 1.94. The zero-order valence-corrected chi connectivity index (χ0v) is 14.3. The van der Waals surface area contributed by atoms with Crippen molar-refractivity contribution in [1.29, 1.82) is 0 Å². The topological polar surface area (TPSA) is 49.3 Å². The highest BCUT2D eigenvalue weighted by Crippen LogP contribution is 2.29. The molecule has 134 valence electrons. The van der Waals surface area contributed by atoms with Crippen LogP contribution >= 0.6 is 23.2 Å². The van der Waals surface area contributed by atoms with E-state index in [1.54, 1.807) is 6.07 Å². The van der Waals surface area contributed by atoms with E-state index in [1.807, 2.05) is 0 Å². The summed E-state index contributed by atoms with van der Waals surface area (Å²) in [6.45, 7) is -0.126. The number of nitrogens with one attached hydrogen (secondary N) is 1. The molecule has 0 aromatic heterocycles. The number of amides is 1. The van der Waals surface area contributed by atoms with E-state index in [-0.39, 0.29) is 23.6 Å². The Hall–Kier alpha value is -1.76. The maximum atomic E-state index is 12.7. The van der Waals surface area contributed by atoms with Crippen molar-refractivity contribution in [3.63, 3.8) is 0 Å². The first-order valence-corrected chi connectivity index (χ1v) is 7.98. The minimum absolute atomic E-state index is 0.126. The molecular formula is C17H14Cl2F3NO2. The SMILES string of the molecule is O=C(Cc1cccc(C(F)(F)F)c1)NCC(O)c1ccc(Cl)cc1Cl. The summed E-state index contributed by atoms with van der Waals surface area (Å²) in [6, 6.07) is 9.09. The molecule has 2 rings (SSSR count). The van der Waals surface area contributed by atoms with Crippen molar-refractivity contribution in [2.24, 2.45) is 0 Å². The lowest BCUT2D eigenvalue weighted by atomic mass is 10.1. The van der Waals surface area contributed by atoms with Gasteiger partial charge in [0.05, 0.1) is 18.1 Å². The van der Waals surface area contributed by atoms with Crippen LogP contribution in [0.3, 0.4) is 0 Å². The number of halogens is 5. The highest BCUT2D eigenvalue weighted by atomic mass is 35.5. The third-order valence-corrected chi connectivity index (χ3v) is 4.00. The first kappa shape index (κ1) is 19.6. The van der Waals surface area contributed by atoms with Crippen LogP contribution in [-0.2, 0) is 17.4 Å². The van der Waals surface area contributed by atoms with Gasteiger partial charge >= 0.3 is 6.18 Å². The number of benzene rings is 2. The van der Waals surface area contributed by atoms with Gasteiger partial charge in [-0.3, -0.25) is 4.79 Å². The highest BCUT2D eigenvalue weighted by molar-refractivity contribution is 6.35. The van der Waals surface area contributed by atoms with Crippen LogP contribution in [0.15, 0.2) is 42.5 Å². The Labute approximate surface area is 152 Å². The lowest BCUT2D eigenvalue weighted by molar-refractivity contribution is -0.137. The number of aliphatic hydroxyl groups excluding tert-OH is 1. The summed E-state index contributed by atoms with van der Waals surface area (Å²) < 4.78 is 38.0. The van der Waals surface area contributed by atoms with Gasteiger partial charge in [-0.2, -0.15) is 13.2 Å². The molecule has 2 N–H and O–H groups in total. The third kappa shape index (κ3) is 5.63. The fourth-order valence-electron chi connectivity index (χ4n) is 2.20. The predicted molar refractivity (Wildman–Crippen MR) is 89.6 cm³/mol. The molecule has 0 aliphatic rings. The van der Waals surface area contributed by atoms with E-state index in [9.17, 15) is 23.1 Å². The molecule has 1 atom stereocenters. The van der Waals surface area contributed by atoms with Crippen molar-refractivity contribution in [1.82, 2.24) is 5.32 Å². The summed E-state index contributed by atoms with van der Waals surface area (Å²) in [5, 5.41) is 13.2. The molecule has 3 nitrogen and oxygen atoms in total. The first-order chi connectivity index (χ1) is 11.7. The molecule has 0 saturated carbocycles. The maximum Gasteiger partial charge on any atom is 0.416 e. The van der Waals surface area contributed by atoms with Crippen LogP contribution in [0.5, 0.6) is 0 Å². The molecular weight excluding hydrogens is 378 g/mol. The molecule has 0 aliphatic carbocycles. The van der Waals surface area contributed by atoms with Gasteiger partial charge in [0.1, 0.15) is 0 Å². The number of carbonyl (C=O) groups excluding carboxylic acids is 1. The van der Waals surface area contributed by atoms with Gasteiger partial charge in [-0.25, -0.2) is 0 Å². The maximum absolute atomic E-state index is 12.7. The van der Waals surface area contributed by atoms with Gasteiger partial charge in [-0.05, 0) is 23.8 Å². The average Bonchev–Trinajstić information content (AvgIpc) is 2.52. The fourth-order valence-corrected chi connectivity index (χ4v) is 2.73. The van der Waals surface area contributed by atoms with E-state index in [2.05, 4.69) is 5.32 Å². The van der Waals surface area contributed by atoms with E-state index >= 15 is 0 Å². The minimum atomic E-state index is -4.46. The van der Waals surface area contributed by atoms with Gasteiger partial charge in [0, 0.05) is 22.2 Å². The summed E-state index contributed by atoms with van der Waals surface area (Å²) >= 11 is 11.7. The summed E-state index contributed by atoms with van der Waals surface area (Å²) in [7, 11) is 0. The zero-order valence-electron chi connectivity index (χ0n) is 12.8. The largest absolute Gasteiger partial charge is 0.416 e. The molecule has 0 aliphatic heterocycles. The molecule has 0 radical (unpaired) electrons. The Morgan fingerprint density at radius 2 is 1.88 bits per heavy atom. The van der Waals surface area contributed by atoms with Gasteiger partial charge in [0.15, 0.2) is 0 Å². The molecule has 0 bridgehead atoms. The van der Waals surface area contributed by atoms with E-state index in [0.29, 0.717) is 10.6 Å². The van der Waals surface area contributed by atoms with Gasteiger partial charge in [-0.15, -0.1) is 0 Å². The van der Waals surface area contributed by atoms with Crippen molar-refractivity contribution in [2.75, 3.05) is 6.54 Å². The van der Waals surface area contributed by atoms with Crippen molar-refractivity contribution in [3.8, 4) is 0 Å². The number of alkyl halides is 3. The summed E-state index contributed by atoms with van der Waals surface area (Å²) in [6.07, 6.45) is -5.76. The van der Waals surface area contributed by atoms with Crippen LogP contribution in [-0.4, -0.2) is 17.6 Å². The number of hydrogen-bond donors (Lipinski definition) is 2. The minimum Gasteiger partial charge on any atom is -0.387 e. The second kappa shape index (κ2) is 8.08. The Morgan fingerprint density at radius 1 is 1.16 bits per heavy atom. The average molecular weight is 392 g/mol. The van der Waals surface area contributed by atoms with Crippen LogP contribution in [0.25, 0.3) is 0 Å². The molecule has 8 heteroatoms. The van der Waals surface area contributed by atoms with Crippen LogP contribution < -0.4 is 5.32 Å². The van der Waals surface area contributed by atoms with Crippen molar-refractivity contribution >= 4 is 29.1 Å². The molecule has 0 fully saturated rings. The van der Waals surface area contributed by atoms with Crippen molar-refractivity contribution in [3.05, 3.63) is 69.2 Å². The smallest absolute Gasteiger partial charge is 0.387 e. The molecule has 2 aromatic rings. The molecule has 1 amide bonds. The van der Waals surface area contributed by atoms with Crippen LogP contribution in [0.4, 0.5) is 13.2 Å². The van der Waals surface area contributed by atoms with Crippen LogP contribution in [0.2, 0.25) is 10.0 Å². The zero-order chi connectivity index (χ0) is 18.6. The summed E-state index contributed by atoms with van der Waals surface area (Å²) in [5.74, 6) is -0.511. The molecule has 0 heterocycles. The predicted octanol–water partition coefficient (Wildman–Crippen LogP) is 4.40. The number of carbonyl (C=O) groups is 1. The Morgan fingerprint density at radius 3 is 2.52 bits per heavy atom. The summed E-state index contributed by atoms with van der Waals surface area (Å²) in [4.78, 5) is 11.9. The van der Waals surface area contributed by atoms with Crippen molar-refractivity contribution < 1.29 is 23.1 Å². The second-order valence-electron chi connectivity index (χ2n) is 5.36. The van der Waals surface area contributed by atoms with E-state index < -0.39 is 23.8 Å². The Bertz CT molecular complexity index is 766. The van der Waals surface area contributed by atoms with Gasteiger partial charge in [0.2, 0.25) is 5.91 Å². The van der Waals surface area contributed by atoms with E-state index in [0.717, 1.165) is 12.1 Å². The standard InChI is InChI=1S/C17H14Cl2F3NO2/c18-12-4-5-13(14(19)8-12)15(24)9-23-16(25)7-10-2-1-3-11(6-10)17(20,21)22/h1-6,8,15,24H,7,9H2,(H,23,25). The monoisotopic (exact) mass is 391 g/mol. The number of aliphatic hydroxyl groups is 1. The Kier molecular flexibility index (Phi) is 6.32. The lowest BCUT2D eigenvalue weighted by Gasteiger charge is -2.14. The van der Waals surface area contributed by atoms with E-state index in [1.165, 1.54) is 24.3 Å². The number of rotatable bonds is 5. The molecule has 0 spiro atoms. The first-order valence-electron chi connectivity index (χ1n) is 7.22. The van der Waals surface area contributed by atoms with Gasteiger partial charge in [-0.1, -0.05) is 47.5 Å². The third-order valence-electron chi connectivity index (χ3n) is 3.43. The summed E-state index contributed by atoms with van der Waals surface area (Å²) in [5.41, 5.74) is -0.192. The molecule has 25 heavy (non-hydrogen) atoms. The number of hydrogen-bond acceptors (Lipinski definition) is 2. The van der Waals surface area contributed by atoms with Crippen LogP contribution in [0, 0.1) is 0 Å². The normalized spacial score (nSPS) is 12.7. The quantitative estimate of drug-likeness (QED) is 0.793. The molecule has 0 saturated heterocycles. The van der Waals surface area contributed by atoms with Gasteiger partial charge < -0.3 is 10.4 Å².